The van der Waals surface area contributed by atoms with Gasteiger partial charge in [-0.25, -0.2) is 0 Å². The van der Waals surface area contributed by atoms with Gasteiger partial charge < -0.3 is 23.8 Å². The molecule has 1 fully saturated rings. The molecule has 0 radical (unpaired) electrons. The molecule has 1 atom stereocenters. The maximum absolute atomic E-state index is 11.9. The first-order chi connectivity index (χ1) is 23.1. The van der Waals surface area contributed by atoms with Gasteiger partial charge in [0, 0.05) is 57.2 Å². The normalized spacial score (nSPS) is 15.3. The summed E-state index contributed by atoms with van der Waals surface area (Å²) in [4.78, 5) is 14.5. The maximum atomic E-state index is 11.9. The quantitative estimate of drug-likeness (QED) is 0.163. The van der Waals surface area contributed by atoms with Gasteiger partial charge in [-0.3, -0.25) is 0 Å². The van der Waals surface area contributed by atoms with Crippen LogP contribution in [0.2, 0.25) is 0 Å². The summed E-state index contributed by atoms with van der Waals surface area (Å²) in [5.74, 6) is 0.563. The standard InChI is InChI=1S/C36H38N2OS.C5H12O.CH4O/c1-24-12-14-28(15-13-24)34-26(3)35-33-21-31(37-19-8-11-29(22-37)27-9-6-5-7-10-27)17-16-30(33)23-38(40-4)36(35)25(2)32(34)18-20-39;1-5(2,3)6-4;1-2/h5-7,9-10,12-17,20-21,29H,8,11,18-19,22-23H2,1-4H3;1-4H3;2H,1H3/t29-;;/m0../s1. The van der Waals surface area contributed by atoms with E-state index in [9.17, 15) is 4.79 Å². The number of aliphatic hydroxyl groups is 1. The number of carbonyl (C=O) groups excluding carboxylic acids is 1. The Kier molecular flexibility index (Phi) is 12.9. The largest absolute Gasteiger partial charge is 0.400 e. The average Bonchev–Trinajstić information content (AvgIpc) is 3.11. The first-order valence-corrected chi connectivity index (χ1v) is 18.2. The number of methoxy groups -OCH3 is 1. The number of benzene rings is 4. The summed E-state index contributed by atoms with van der Waals surface area (Å²) < 4.78 is 7.35. The second-order valence-corrected chi connectivity index (χ2v) is 14.4. The van der Waals surface area contributed by atoms with Gasteiger partial charge in [-0.05, 0) is 111 Å². The van der Waals surface area contributed by atoms with E-state index in [1.165, 1.54) is 74.3 Å². The van der Waals surface area contributed by atoms with E-state index < -0.39 is 0 Å². The van der Waals surface area contributed by atoms with Crippen molar-refractivity contribution in [3.8, 4) is 22.3 Å². The summed E-state index contributed by atoms with van der Waals surface area (Å²) >= 11 is 1.77. The number of rotatable bonds is 6. The van der Waals surface area contributed by atoms with Crippen LogP contribution in [-0.4, -0.2) is 50.6 Å². The molecule has 2 aliphatic rings. The van der Waals surface area contributed by atoms with Crippen molar-refractivity contribution < 1.29 is 14.6 Å². The van der Waals surface area contributed by atoms with Crippen molar-refractivity contribution in [2.75, 3.05) is 42.8 Å². The predicted molar refractivity (Wildman–Crippen MR) is 207 cm³/mol. The van der Waals surface area contributed by atoms with Crippen molar-refractivity contribution in [1.82, 2.24) is 0 Å². The molecule has 0 bridgehead atoms. The molecule has 1 saturated heterocycles. The summed E-state index contributed by atoms with van der Waals surface area (Å²) in [6, 6.07) is 26.9. The Balaban J connectivity index is 0.000000588. The molecule has 6 heteroatoms. The first kappa shape index (κ1) is 37.2. The number of carbonyl (C=O) groups is 1. The Morgan fingerprint density at radius 2 is 1.60 bits per heavy atom. The van der Waals surface area contributed by atoms with Crippen molar-refractivity contribution in [2.45, 2.75) is 78.9 Å². The number of aryl methyl sites for hydroxylation is 1. The van der Waals surface area contributed by atoms with Crippen LogP contribution in [0.1, 0.15) is 72.9 Å². The first-order valence-electron chi connectivity index (χ1n) is 17.0. The monoisotopic (exact) mass is 666 g/mol. The highest BCUT2D eigenvalue weighted by Crippen LogP contribution is 2.51. The van der Waals surface area contributed by atoms with E-state index in [1.807, 2.05) is 20.8 Å². The van der Waals surface area contributed by atoms with Crippen LogP contribution in [0.25, 0.3) is 22.3 Å². The van der Waals surface area contributed by atoms with E-state index in [-0.39, 0.29) is 5.60 Å². The van der Waals surface area contributed by atoms with Crippen molar-refractivity contribution in [3.63, 3.8) is 0 Å². The fourth-order valence-electron chi connectivity index (χ4n) is 6.87. The number of aldehydes is 1. The van der Waals surface area contributed by atoms with Crippen molar-refractivity contribution >= 4 is 29.6 Å². The number of fused-ring (bicyclic) bond motifs is 3. The molecule has 4 aromatic rings. The van der Waals surface area contributed by atoms with Gasteiger partial charge >= 0.3 is 0 Å². The molecule has 2 heterocycles. The zero-order valence-corrected chi connectivity index (χ0v) is 31.2. The SMILES string of the molecule is CO.COC(C)(C)C.CSN1Cc2ccc(N3CCC[C@H](c4ccccc4)C3)cc2-c2c(C)c(-c3ccc(C)cc3)c(CC=O)c(C)c21. The highest BCUT2D eigenvalue weighted by Gasteiger charge is 2.31. The predicted octanol–water partition coefficient (Wildman–Crippen LogP) is 9.71. The molecule has 1 N–H and O–H groups in total. The number of aliphatic hydroxyl groups excluding tert-OH is 1. The van der Waals surface area contributed by atoms with Crippen LogP contribution >= 0.6 is 11.9 Å². The molecular formula is C42H54N2O3S. The topological polar surface area (TPSA) is 53.0 Å². The Bertz CT molecular complexity index is 1660. The lowest BCUT2D eigenvalue weighted by Crippen LogP contribution is -2.34. The molecule has 48 heavy (non-hydrogen) atoms. The van der Waals surface area contributed by atoms with Gasteiger partial charge in [-0.15, -0.1) is 0 Å². The second-order valence-electron chi connectivity index (χ2n) is 13.6. The second kappa shape index (κ2) is 16.7. The minimum Gasteiger partial charge on any atom is -0.400 e. The number of hydrogen-bond donors (Lipinski definition) is 1. The summed E-state index contributed by atoms with van der Waals surface area (Å²) in [5, 5.41) is 7.00. The van der Waals surface area contributed by atoms with Crippen LogP contribution in [0, 0.1) is 20.8 Å². The highest BCUT2D eigenvalue weighted by atomic mass is 32.2. The number of nitrogens with zero attached hydrogens (tertiary/aromatic N) is 2. The van der Waals surface area contributed by atoms with Gasteiger partial charge in [-0.1, -0.05) is 78.2 Å². The Morgan fingerprint density at radius 3 is 2.21 bits per heavy atom. The molecule has 256 valence electrons. The lowest BCUT2D eigenvalue weighted by Gasteiger charge is -2.38. The van der Waals surface area contributed by atoms with Gasteiger partial charge in [0.1, 0.15) is 6.29 Å². The van der Waals surface area contributed by atoms with Gasteiger partial charge in [-0.2, -0.15) is 0 Å². The zero-order valence-electron chi connectivity index (χ0n) is 30.4. The van der Waals surface area contributed by atoms with E-state index >= 15 is 0 Å². The molecule has 0 unspecified atom stereocenters. The van der Waals surface area contributed by atoms with Crippen LogP contribution in [0.3, 0.4) is 0 Å². The van der Waals surface area contributed by atoms with Gasteiger partial charge in [0.25, 0.3) is 0 Å². The van der Waals surface area contributed by atoms with Gasteiger partial charge in [0.05, 0.1) is 17.8 Å². The lowest BCUT2D eigenvalue weighted by atomic mass is 9.81. The average molecular weight is 667 g/mol. The lowest BCUT2D eigenvalue weighted by molar-refractivity contribution is -0.107. The Hall–Kier alpha value is -3.58. The molecular weight excluding hydrogens is 613 g/mol. The molecule has 5 nitrogen and oxygen atoms in total. The highest BCUT2D eigenvalue weighted by molar-refractivity contribution is 7.99. The van der Waals surface area contributed by atoms with E-state index in [1.54, 1.807) is 19.1 Å². The molecule has 0 amide bonds. The fraction of sp³-hybridized carbons (Fsp3) is 0.405. The number of hydrogen-bond acceptors (Lipinski definition) is 6. The molecule has 6 rings (SSSR count). The number of ether oxygens (including phenoxy) is 1. The van der Waals surface area contributed by atoms with Crippen LogP contribution in [0.5, 0.6) is 0 Å². The van der Waals surface area contributed by atoms with Crippen LogP contribution in [0.15, 0.2) is 72.8 Å². The molecule has 0 spiro atoms. The van der Waals surface area contributed by atoms with Crippen molar-refractivity contribution in [2.24, 2.45) is 0 Å². The molecule has 0 aliphatic carbocycles. The van der Waals surface area contributed by atoms with Gasteiger partial charge in [0.2, 0.25) is 0 Å². The van der Waals surface area contributed by atoms with Crippen LogP contribution < -0.4 is 9.21 Å². The number of piperidine rings is 1. The van der Waals surface area contributed by atoms with Crippen molar-refractivity contribution in [1.29, 1.82) is 0 Å². The summed E-state index contributed by atoms with van der Waals surface area (Å²) in [7, 11) is 2.71. The van der Waals surface area contributed by atoms with E-state index in [0.717, 1.165) is 38.6 Å². The fourth-order valence-corrected chi connectivity index (χ4v) is 7.55. The smallest absolute Gasteiger partial charge is 0.124 e. The van der Waals surface area contributed by atoms with Crippen LogP contribution in [-0.2, 0) is 22.5 Å². The summed E-state index contributed by atoms with van der Waals surface area (Å²) in [6.07, 6.45) is 6.09. The summed E-state index contributed by atoms with van der Waals surface area (Å²) in [5.41, 5.74) is 15.4. The van der Waals surface area contributed by atoms with E-state index in [0.29, 0.717) is 12.3 Å². The third-order valence-electron chi connectivity index (χ3n) is 9.54. The van der Waals surface area contributed by atoms with E-state index in [4.69, 9.17) is 9.84 Å². The molecule has 2 aliphatic heterocycles. The summed E-state index contributed by atoms with van der Waals surface area (Å²) in [6.45, 7) is 15.7. The van der Waals surface area contributed by atoms with E-state index in [2.05, 4.69) is 109 Å². The third-order valence-corrected chi connectivity index (χ3v) is 10.3. The Morgan fingerprint density at radius 1 is 0.938 bits per heavy atom. The van der Waals surface area contributed by atoms with Crippen LogP contribution in [0.4, 0.5) is 11.4 Å². The Labute approximate surface area is 293 Å². The minimum absolute atomic E-state index is 0.0417. The van der Waals surface area contributed by atoms with Crippen molar-refractivity contribution in [3.05, 3.63) is 106 Å². The molecule has 0 aromatic heterocycles. The minimum atomic E-state index is 0.0417. The molecule has 4 aromatic carbocycles. The zero-order chi connectivity index (χ0) is 35.0. The maximum Gasteiger partial charge on any atom is 0.124 e. The van der Waals surface area contributed by atoms with Gasteiger partial charge in [0.15, 0.2) is 0 Å². The number of anilines is 2. The molecule has 0 saturated carbocycles. The third kappa shape index (κ3) is 8.34.